The summed E-state index contributed by atoms with van der Waals surface area (Å²) < 4.78 is 0.988. The van der Waals surface area contributed by atoms with E-state index in [0.717, 1.165) is 21.4 Å². The van der Waals surface area contributed by atoms with Crippen LogP contribution in [0, 0.1) is 6.92 Å². The number of nitrogens with two attached hydrogens (primary N) is 2. The fourth-order valence-electron chi connectivity index (χ4n) is 1.79. The molecule has 0 aliphatic heterocycles. The first-order chi connectivity index (χ1) is 8.95. The van der Waals surface area contributed by atoms with Crippen molar-refractivity contribution in [3.05, 3.63) is 52.0 Å². The molecule has 2 rings (SSSR count). The molecule has 0 aliphatic carbocycles. The highest BCUT2D eigenvalue weighted by atomic mass is 79.9. The maximum Gasteiger partial charge on any atom is 0.248 e. The van der Waals surface area contributed by atoms with Gasteiger partial charge in [0.1, 0.15) is 0 Å². The van der Waals surface area contributed by atoms with E-state index in [1.165, 1.54) is 0 Å². The Balaban J connectivity index is 2.30. The minimum absolute atomic E-state index is 0.397. The Morgan fingerprint density at radius 1 is 1.21 bits per heavy atom. The number of nitrogens with one attached hydrogen (secondary N) is 1. The highest BCUT2D eigenvalue weighted by Gasteiger charge is 2.05. The first-order valence-electron chi connectivity index (χ1n) is 5.69. The molecule has 4 nitrogen and oxygen atoms in total. The van der Waals surface area contributed by atoms with Crippen LogP contribution in [0.15, 0.2) is 40.9 Å². The number of primary amides is 1. The topological polar surface area (TPSA) is 81.1 Å². The summed E-state index contributed by atoms with van der Waals surface area (Å²) >= 11 is 3.44. The molecule has 1 amide bonds. The lowest BCUT2D eigenvalue weighted by Gasteiger charge is -2.11. The Bertz CT molecular complexity index is 620. The number of rotatable bonds is 3. The molecule has 19 heavy (non-hydrogen) atoms. The number of carbonyl (C=O) groups is 1. The van der Waals surface area contributed by atoms with Crippen molar-refractivity contribution in [2.45, 2.75) is 6.92 Å². The van der Waals surface area contributed by atoms with Gasteiger partial charge >= 0.3 is 0 Å². The number of aryl methyl sites for hydroxylation is 1. The van der Waals surface area contributed by atoms with E-state index in [1.54, 1.807) is 18.2 Å². The van der Waals surface area contributed by atoms with Gasteiger partial charge in [-0.15, -0.1) is 0 Å². The molecule has 0 atom stereocenters. The lowest BCUT2D eigenvalue weighted by Crippen LogP contribution is -2.11. The van der Waals surface area contributed by atoms with Crippen molar-refractivity contribution in [2.24, 2.45) is 5.73 Å². The van der Waals surface area contributed by atoms with E-state index < -0.39 is 5.91 Å². The van der Waals surface area contributed by atoms with E-state index in [-0.39, 0.29) is 0 Å². The third-order valence-corrected chi connectivity index (χ3v) is 3.12. The first-order valence-corrected chi connectivity index (χ1v) is 6.48. The molecule has 98 valence electrons. The molecule has 0 radical (unpaired) electrons. The van der Waals surface area contributed by atoms with Crippen LogP contribution in [0.1, 0.15) is 15.9 Å². The van der Waals surface area contributed by atoms with Crippen LogP contribution >= 0.6 is 15.9 Å². The normalized spacial score (nSPS) is 10.2. The summed E-state index contributed by atoms with van der Waals surface area (Å²) in [6.07, 6.45) is 0. The van der Waals surface area contributed by atoms with Gasteiger partial charge < -0.3 is 16.8 Å². The van der Waals surface area contributed by atoms with Crippen LogP contribution < -0.4 is 16.8 Å². The molecule has 0 saturated carbocycles. The second-order valence-electron chi connectivity index (χ2n) is 4.31. The predicted molar refractivity (Wildman–Crippen MR) is 81.5 cm³/mol. The van der Waals surface area contributed by atoms with Crippen molar-refractivity contribution in [3.8, 4) is 0 Å². The summed E-state index contributed by atoms with van der Waals surface area (Å²) in [7, 11) is 0. The second-order valence-corrected chi connectivity index (χ2v) is 5.22. The van der Waals surface area contributed by atoms with Gasteiger partial charge in [0, 0.05) is 15.7 Å². The molecule has 5 heteroatoms. The molecule has 0 spiro atoms. The summed E-state index contributed by atoms with van der Waals surface area (Å²) in [6.45, 7) is 2.01. The van der Waals surface area contributed by atoms with Gasteiger partial charge in [0.15, 0.2) is 0 Å². The third kappa shape index (κ3) is 3.26. The van der Waals surface area contributed by atoms with E-state index in [9.17, 15) is 4.79 Å². The Morgan fingerprint density at radius 3 is 2.53 bits per heavy atom. The molecule has 0 bridgehead atoms. The first kappa shape index (κ1) is 13.4. The number of anilines is 3. The van der Waals surface area contributed by atoms with Gasteiger partial charge in [0.2, 0.25) is 5.91 Å². The number of nitrogen functional groups attached to an aromatic ring is 1. The van der Waals surface area contributed by atoms with E-state index >= 15 is 0 Å². The van der Waals surface area contributed by atoms with Crippen LogP contribution in [0.4, 0.5) is 17.1 Å². The molecule has 0 aliphatic rings. The Kier molecular flexibility index (Phi) is 3.76. The van der Waals surface area contributed by atoms with E-state index in [0.29, 0.717) is 11.3 Å². The van der Waals surface area contributed by atoms with Gasteiger partial charge in [0.05, 0.1) is 11.4 Å². The monoisotopic (exact) mass is 319 g/mol. The van der Waals surface area contributed by atoms with E-state index in [4.69, 9.17) is 11.5 Å². The summed E-state index contributed by atoms with van der Waals surface area (Å²) in [6, 6.07) is 10.9. The van der Waals surface area contributed by atoms with Crippen molar-refractivity contribution < 1.29 is 4.79 Å². The zero-order chi connectivity index (χ0) is 14.0. The van der Waals surface area contributed by atoms with Crippen LogP contribution in [-0.2, 0) is 0 Å². The average molecular weight is 320 g/mol. The van der Waals surface area contributed by atoms with Gasteiger partial charge in [-0.05, 0) is 48.9 Å². The third-order valence-electron chi connectivity index (χ3n) is 2.66. The molecule has 0 heterocycles. The molecule has 5 N–H and O–H groups in total. The number of carbonyl (C=O) groups excluding carboxylic acids is 1. The molecule has 0 saturated heterocycles. The zero-order valence-electron chi connectivity index (χ0n) is 10.4. The standard InChI is InChI=1S/C14H14BrN3O/c1-8-4-10(15)7-11(5-8)18-13-3-2-9(14(17)19)6-12(13)16/h2-7,18H,16H2,1H3,(H2,17,19). The van der Waals surface area contributed by atoms with Gasteiger partial charge in [0.25, 0.3) is 0 Å². The maximum atomic E-state index is 11.1. The van der Waals surface area contributed by atoms with Gasteiger partial charge in [-0.1, -0.05) is 15.9 Å². The molecule has 0 fully saturated rings. The fraction of sp³-hybridized carbons (Fsp3) is 0.0714. The Morgan fingerprint density at radius 2 is 1.95 bits per heavy atom. The van der Waals surface area contributed by atoms with Crippen LogP contribution in [0.5, 0.6) is 0 Å². The van der Waals surface area contributed by atoms with Crippen LogP contribution in [0.25, 0.3) is 0 Å². The average Bonchev–Trinajstić information content (AvgIpc) is 2.30. The number of hydrogen-bond acceptors (Lipinski definition) is 3. The molecule has 0 unspecified atom stereocenters. The highest BCUT2D eigenvalue weighted by molar-refractivity contribution is 9.10. The molecule has 2 aromatic rings. The quantitative estimate of drug-likeness (QED) is 0.760. The zero-order valence-corrected chi connectivity index (χ0v) is 12.0. The molecular weight excluding hydrogens is 306 g/mol. The molecule has 0 aromatic heterocycles. The van der Waals surface area contributed by atoms with Crippen LogP contribution in [0.2, 0.25) is 0 Å². The van der Waals surface area contributed by atoms with E-state index in [1.807, 2.05) is 25.1 Å². The lowest BCUT2D eigenvalue weighted by molar-refractivity contribution is 0.100. The van der Waals surface area contributed by atoms with Crippen molar-refractivity contribution in [1.82, 2.24) is 0 Å². The maximum absolute atomic E-state index is 11.1. The minimum atomic E-state index is -0.489. The van der Waals surface area contributed by atoms with Crippen LogP contribution in [-0.4, -0.2) is 5.91 Å². The lowest BCUT2D eigenvalue weighted by atomic mass is 10.1. The van der Waals surface area contributed by atoms with Crippen LogP contribution in [0.3, 0.4) is 0 Å². The Hall–Kier alpha value is -2.01. The number of amides is 1. The van der Waals surface area contributed by atoms with Crippen molar-refractivity contribution in [3.63, 3.8) is 0 Å². The highest BCUT2D eigenvalue weighted by Crippen LogP contribution is 2.26. The smallest absolute Gasteiger partial charge is 0.248 e. The van der Waals surface area contributed by atoms with Crippen molar-refractivity contribution in [2.75, 3.05) is 11.1 Å². The predicted octanol–water partition coefficient (Wildman–Crippen LogP) is 3.18. The molecular formula is C14H14BrN3O. The minimum Gasteiger partial charge on any atom is -0.397 e. The summed E-state index contributed by atoms with van der Waals surface area (Å²) in [5.74, 6) is -0.489. The second kappa shape index (κ2) is 5.32. The number of hydrogen-bond donors (Lipinski definition) is 3. The summed E-state index contributed by atoms with van der Waals surface area (Å²) in [5, 5.41) is 3.21. The van der Waals surface area contributed by atoms with Crippen molar-refractivity contribution in [1.29, 1.82) is 0 Å². The summed E-state index contributed by atoms with van der Waals surface area (Å²) in [4.78, 5) is 11.1. The SMILES string of the molecule is Cc1cc(Br)cc(Nc2ccc(C(N)=O)cc2N)c1. The summed E-state index contributed by atoms with van der Waals surface area (Å²) in [5.41, 5.74) is 14.8. The largest absolute Gasteiger partial charge is 0.397 e. The van der Waals surface area contributed by atoms with Crippen molar-refractivity contribution >= 4 is 38.9 Å². The van der Waals surface area contributed by atoms with Gasteiger partial charge in [-0.2, -0.15) is 0 Å². The number of halogens is 1. The number of benzene rings is 2. The van der Waals surface area contributed by atoms with Gasteiger partial charge in [-0.3, -0.25) is 4.79 Å². The van der Waals surface area contributed by atoms with E-state index in [2.05, 4.69) is 21.2 Å². The molecule has 2 aromatic carbocycles. The van der Waals surface area contributed by atoms with Gasteiger partial charge in [-0.25, -0.2) is 0 Å². The fourth-order valence-corrected chi connectivity index (χ4v) is 2.40. The Labute approximate surface area is 119 Å².